The van der Waals surface area contributed by atoms with E-state index >= 15 is 0 Å². The summed E-state index contributed by atoms with van der Waals surface area (Å²) in [6.45, 7) is 12.0. The molecule has 5 heteroatoms. The van der Waals surface area contributed by atoms with Gasteiger partial charge >= 0.3 is 0 Å². The van der Waals surface area contributed by atoms with Crippen molar-refractivity contribution in [2.24, 2.45) is 0 Å². The number of hydrogen-bond acceptors (Lipinski definition) is 4. The molecule has 0 atom stereocenters. The Morgan fingerprint density at radius 2 is 2.00 bits per heavy atom. The van der Waals surface area contributed by atoms with E-state index in [9.17, 15) is 0 Å². The van der Waals surface area contributed by atoms with Gasteiger partial charge in [0.2, 0.25) is 5.95 Å². The van der Waals surface area contributed by atoms with E-state index < -0.39 is 0 Å². The second kappa shape index (κ2) is 6.89. The molecule has 1 saturated heterocycles. The zero-order valence-electron chi connectivity index (χ0n) is 14.5. The maximum absolute atomic E-state index is 5.94. The maximum Gasteiger partial charge on any atom is 0.206 e. The van der Waals surface area contributed by atoms with Gasteiger partial charge in [-0.1, -0.05) is 12.1 Å². The molecular formula is C18H28N4O. The molecule has 3 rings (SSSR count). The van der Waals surface area contributed by atoms with E-state index in [0.29, 0.717) is 6.61 Å². The topological polar surface area (TPSA) is 42.3 Å². The standard InChI is InChI=1S/C18H28N4O/c1-18(2,3)23-14-13-22-16-8-5-4-7-15(16)20-17(22)21-11-6-9-19-10-12-21/h4-5,7-8,19H,6,9-14H2,1-3H3. The molecule has 0 aliphatic carbocycles. The number of hydrogen-bond donors (Lipinski definition) is 1. The minimum atomic E-state index is -0.108. The van der Waals surface area contributed by atoms with Crippen molar-refractivity contribution < 1.29 is 4.74 Å². The Kier molecular flexibility index (Phi) is 4.87. The van der Waals surface area contributed by atoms with Gasteiger partial charge in [0.05, 0.1) is 23.2 Å². The molecule has 0 radical (unpaired) electrons. The van der Waals surface area contributed by atoms with Gasteiger partial charge in [-0.25, -0.2) is 4.98 Å². The van der Waals surface area contributed by atoms with E-state index in [-0.39, 0.29) is 5.60 Å². The number of nitrogens with one attached hydrogen (secondary N) is 1. The molecule has 0 amide bonds. The van der Waals surface area contributed by atoms with E-state index in [0.717, 1.165) is 50.6 Å². The number of imidazole rings is 1. The fourth-order valence-corrected chi connectivity index (χ4v) is 3.01. The van der Waals surface area contributed by atoms with Crippen LogP contribution in [-0.2, 0) is 11.3 Å². The predicted octanol–water partition coefficient (Wildman–Crippen LogP) is 2.65. The number of nitrogens with zero attached hydrogens (tertiary/aromatic N) is 3. The van der Waals surface area contributed by atoms with Crippen molar-refractivity contribution in [1.82, 2.24) is 14.9 Å². The van der Waals surface area contributed by atoms with Gasteiger partial charge in [-0.3, -0.25) is 0 Å². The summed E-state index contributed by atoms with van der Waals surface area (Å²) in [4.78, 5) is 7.30. The van der Waals surface area contributed by atoms with Crippen LogP contribution in [0.5, 0.6) is 0 Å². The molecule has 2 aromatic rings. The lowest BCUT2D eigenvalue weighted by Crippen LogP contribution is -2.31. The number of aromatic nitrogens is 2. The Morgan fingerprint density at radius 1 is 1.17 bits per heavy atom. The van der Waals surface area contributed by atoms with Crippen molar-refractivity contribution in [3.05, 3.63) is 24.3 Å². The number of rotatable bonds is 4. The van der Waals surface area contributed by atoms with Crippen molar-refractivity contribution in [2.75, 3.05) is 37.7 Å². The molecule has 1 aliphatic rings. The van der Waals surface area contributed by atoms with Crippen LogP contribution in [0.1, 0.15) is 27.2 Å². The van der Waals surface area contributed by atoms with Crippen molar-refractivity contribution >= 4 is 17.0 Å². The first kappa shape index (κ1) is 16.3. The van der Waals surface area contributed by atoms with Crippen LogP contribution in [0.2, 0.25) is 0 Å². The SMILES string of the molecule is CC(C)(C)OCCn1c(N2CCCNCC2)nc2ccccc21. The Balaban J connectivity index is 1.87. The van der Waals surface area contributed by atoms with E-state index in [1.807, 2.05) is 0 Å². The molecule has 1 aliphatic heterocycles. The van der Waals surface area contributed by atoms with Crippen molar-refractivity contribution in [3.63, 3.8) is 0 Å². The highest BCUT2D eigenvalue weighted by Crippen LogP contribution is 2.23. The average molecular weight is 316 g/mol. The van der Waals surface area contributed by atoms with E-state index in [1.165, 1.54) is 5.52 Å². The molecule has 1 aromatic carbocycles. The fraction of sp³-hybridized carbons (Fsp3) is 0.611. The fourth-order valence-electron chi connectivity index (χ4n) is 3.01. The quantitative estimate of drug-likeness (QED) is 0.942. The summed E-state index contributed by atoms with van der Waals surface area (Å²) in [5.41, 5.74) is 2.15. The second-order valence-corrected chi connectivity index (χ2v) is 7.10. The van der Waals surface area contributed by atoms with Crippen LogP contribution in [0.3, 0.4) is 0 Å². The smallest absolute Gasteiger partial charge is 0.206 e. The summed E-state index contributed by atoms with van der Waals surface area (Å²) in [5, 5.41) is 3.46. The molecule has 0 unspecified atom stereocenters. The molecule has 1 N–H and O–H groups in total. The molecular weight excluding hydrogens is 288 g/mol. The molecule has 0 spiro atoms. The average Bonchev–Trinajstić information content (AvgIpc) is 2.69. The van der Waals surface area contributed by atoms with Gasteiger partial charge in [0.15, 0.2) is 0 Å². The molecule has 2 heterocycles. The van der Waals surface area contributed by atoms with E-state index in [4.69, 9.17) is 9.72 Å². The summed E-state index contributed by atoms with van der Waals surface area (Å²) >= 11 is 0. The van der Waals surface area contributed by atoms with Crippen LogP contribution in [-0.4, -0.2) is 47.9 Å². The third-order valence-electron chi connectivity index (χ3n) is 4.11. The third kappa shape index (κ3) is 4.03. The molecule has 0 bridgehead atoms. The molecule has 126 valence electrons. The molecule has 1 aromatic heterocycles. The summed E-state index contributed by atoms with van der Waals surface area (Å²) in [7, 11) is 0. The van der Waals surface area contributed by atoms with Gasteiger partial charge in [0.1, 0.15) is 0 Å². The Hall–Kier alpha value is -1.59. The van der Waals surface area contributed by atoms with Crippen LogP contribution in [0, 0.1) is 0 Å². The lowest BCUT2D eigenvalue weighted by Gasteiger charge is -2.24. The third-order valence-corrected chi connectivity index (χ3v) is 4.11. The van der Waals surface area contributed by atoms with Gasteiger partial charge in [-0.15, -0.1) is 0 Å². The minimum Gasteiger partial charge on any atom is -0.374 e. The van der Waals surface area contributed by atoms with Crippen LogP contribution >= 0.6 is 0 Å². The summed E-state index contributed by atoms with van der Waals surface area (Å²) in [5.74, 6) is 1.08. The largest absolute Gasteiger partial charge is 0.374 e. The van der Waals surface area contributed by atoms with Crippen LogP contribution in [0.25, 0.3) is 11.0 Å². The lowest BCUT2D eigenvalue weighted by molar-refractivity contribution is -0.00638. The summed E-state index contributed by atoms with van der Waals surface area (Å²) in [6.07, 6.45) is 1.15. The molecule has 1 fully saturated rings. The first-order chi connectivity index (χ1) is 11.0. The summed E-state index contributed by atoms with van der Waals surface area (Å²) in [6, 6.07) is 8.38. The van der Waals surface area contributed by atoms with Crippen molar-refractivity contribution in [3.8, 4) is 0 Å². The maximum atomic E-state index is 5.94. The van der Waals surface area contributed by atoms with Gasteiger partial charge in [-0.2, -0.15) is 0 Å². The van der Waals surface area contributed by atoms with Gasteiger partial charge in [-0.05, 0) is 45.9 Å². The molecule has 5 nitrogen and oxygen atoms in total. The number of anilines is 1. The lowest BCUT2D eigenvalue weighted by atomic mass is 10.2. The van der Waals surface area contributed by atoms with Gasteiger partial charge < -0.3 is 19.5 Å². The highest BCUT2D eigenvalue weighted by molar-refractivity contribution is 5.78. The van der Waals surface area contributed by atoms with E-state index in [2.05, 4.69) is 59.8 Å². The second-order valence-electron chi connectivity index (χ2n) is 7.10. The number of benzene rings is 1. The number of fused-ring (bicyclic) bond motifs is 1. The van der Waals surface area contributed by atoms with Gasteiger partial charge in [0, 0.05) is 26.2 Å². The van der Waals surface area contributed by atoms with Gasteiger partial charge in [0.25, 0.3) is 0 Å². The Labute approximate surface area is 138 Å². The Morgan fingerprint density at radius 3 is 2.83 bits per heavy atom. The Bertz CT molecular complexity index is 636. The van der Waals surface area contributed by atoms with Crippen LogP contribution < -0.4 is 10.2 Å². The normalized spacial score (nSPS) is 16.7. The first-order valence-corrected chi connectivity index (χ1v) is 8.59. The van der Waals surface area contributed by atoms with Crippen LogP contribution in [0.15, 0.2) is 24.3 Å². The zero-order valence-corrected chi connectivity index (χ0v) is 14.5. The number of ether oxygens (including phenoxy) is 1. The monoisotopic (exact) mass is 316 g/mol. The summed E-state index contributed by atoms with van der Waals surface area (Å²) < 4.78 is 8.25. The van der Waals surface area contributed by atoms with E-state index in [1.54, 1.807) is 0 Å². The zero-order chi connectivity index (χ0) is 16.3. The predicted molar refractivity (Wildman–Crippen MR) is 95.1 cm³/mol. The molecule has 23 heavy (non-hydrogen) atoms. The van der Waals surface area contributed by atoms with Crippen LogP contribution in [0.4, 0.5) is 5.95 Å². The highest BCUT2D eigenvalue weighted by Gasteiger charge is 2.19. The van der Waals surface area contributed by atoms with Crippen molar-refractivity contribution in [1.29, 1.82) is 0 Å². The molecule has 0 saturated carbocycles. The number of para-hydroxylation sites is 2. The first-order valence-electron chi connectivity index (χ1n) is 8.59. The van der Waals surface area contributed by atoms with Crippen molar-refractivity contribution in [2.45, 2.75) is 39.3 Å². The minimum absolute atomic E-state index is 0.108. The highest BCUT2D eigenvalue weighted by atomic mass is 16.5.